The summed E-state index contributed by atoms with van der Waals surface area (Å²) in [7, 11) is 1.84. The molecule has 0 saturated heterocycles. The minimum absolute atomic E-state index is 0.162. The highest BCUT2D eigenvalue weighted by Gasteiger charge is 2.18. The number of rotatable bonds is 3. The van der Waals surface area contributed by atoms with Crippen molar-refractivity contribution in [2.75, 3.05) is 5.32 Å². The van der Waals surface area contributed by atoms with Gasteiger partial charge in [0.2, 0.25) is 0 Å². The lowest BCUT2D eigenvalue weighted by molar-refractivity contribution is 0.102. The molecule has 4 rings (SSSR count). The lowest BCUT2D eigenvalue weighted by atomic mass is 10.0. The van der Waals surface area contributed by atoms with Gasteiger partial charge in [-0.2, -0.15) is 5.10 Å². The summed E-state index contributed by atoms with van der Waals surface area (Å²) < 4.78 is 1.71. The van der Waals surface area contributed by atoms with E-state index in [0.29, 0.717) is 11.2 Å². The molecule has 0 saturated carbocycles. The van der Waals surface area contributed by atoms with Crippen LogP contribution in [0.5, 0.6) is 0 Å². The van der Waals surface area contributed by atoms with Gasteiger partial charge in [-0.05, 0) is 31.5 Å². The fourth-order valence-electron chi connectivity index (χ4n) is 3.40. The number of amides is 1. The quantitative estimate of drug-likeness (QED) is 0.588. The number of anilines is 1. The van der Waals surface area contributed by atoms with Crippen LogP contribution in [0, 0.1) is 13.8 Å². The first-order chi connectivity index (χ1) is 13.0. The van der Waals surface area contributed by atoms with Gasteiger partial charge in [0.05, 0.1) is 16.6 Å². The van der Waals surface area contributed by atoms with Crippen molar-refractivity contribution in [3.05, 3.63) is 77.6 Å². The summed E-state index contributed by atoms with van der Waals surface area (Å²) in [6.07, 6.45) is 0. The predicted molar refractivity (Wildman–Crippen MR) is 108 cm³/mol. The van der Waals surface area contributed by atoms with Crippen molar-refractivity contribution in [1.29, 1.82) is 0 Å². The summed E-state index contributed by atoms with van der Waals surface area (Å²) in [5.74, 6) is -0.162. The van der Waals surface area contributed by atoms with Gasteiger partial charge in [0.15, 0.2) is 5.65 Å². The number of hydrogen-bond acceptors (Lipinski definition) is 3. The number of pyridine rings is 1. The third-order valence-corrected chi connectivity index (χ3v) is 4.60. The van der Waals surface area contributed by atoms with Crippen LogP contribution >= 0.6 is 0 Å². The first-order valence-electron chi connectivity index (χ1n) is 8.81. The maximum atomic E-state index is 13.1. The molecule has 0 atom stereocenters. The van der Waals surface area contributed by atoms with Gasteiger partial charge in [-0.25, -0.2) is 4.98 Å². The van der Waals surface area contributed by atoms with Gasteiger partial charge in [0.1, 0.15) is 0 Å². The molecule has 0 aliphatic carbocycles. The molecule has 2 heterocycles. The maximum absolute atomic E-state index is 13.1. The molecule has 0 radical (unpaired) electrons. The van der Waals surface area contributed by atoms with E-state index in [2.05, 4.69) is 15.4 Å². The van der Waals surface area contributed by atoms with Crippen molar-refractivity contribution in [1.82, 2.24) is 14.8 Å². The molecule has 2 aromatic carbocycles. The second-order valence-electron chi connectivity index (χ2n) is 6.58. The van der Waals surface area contributed by atoms with E-state index in [1.165, 1.54) is 0 Å². The molecular weight excluding hydrogens is 336 g/mol. The summed E-state index contributed by atoms with van der Waals surface area (Å²) >= 11 is 0. The average Bonchev–Trinajstić information content (AvgIpc) is 2.96. The van der Waals surface area contributed by atoms with Crippen LogP contribution in [0.3, 0.4) is 0 Å². The number of carbonyl (C=O) groups excluding carboxylic acids is 1. The van der Waals surface area contributed by atoms with E-state index in [9.17, 15) is 4.79 Å². The molecule has 27 heavy (non-hydrogen) atoms. The Kier molecular flexibility index (Phi) is 4.20. The van der Waals surface area contributed by atoms with E-state index in [4.69, 9.17) is 0 Å². The Balaban J connectivity index is 1.78. The minimum Gasteiger partial charge on any atom is -0.321 e. The molecule has 5 heteroatoms. The van der Waals surface area contributed by atoms with Gasteiger partial charge in [0, 0.05) is 24.0 Å². The van der Waals surface area contributed by atoms with Crippen LogP contribution in [0.1, 0.15) is 21.7 Å². The molecule has 0 bridgehead atoms. The third-order valence-electron chi connectivity index (χ3n) is 4.60. The molecule has 2 aromatic heterocycles. The van der Waals surface area contributed by atoms with Crippen molar-refractivity contribution in [2.24, 2.45) is 7.05 Å². The van der Waals surface area contributed by atoms with E-state index >= 15 is 0 Å². The summed E-state index contributed by atoms with van der Waals surface area (Å²) in [5.41, 5.74) is 5.70. The van der Waals surface area contributed by atoms with E-state index < -0.39 is 0 Å². The van der Waals surface area contributed by atoms with Gasteiger partial charge in [0.25, 0.3) is 5.91 Å². The maximum Gasteiger partial charge on any atom is 0.256 e. The second-order valence-corrected chi connectivity index (χ2v) is 6.58. The molecule has 0 spiro atoms. The third kappa shape index (κ3) is 3.08. The zero-order valence-electron chi connectivity index (χ0n) is 15.5. The standard InChI is InChI=1S/C22H20N4O/c1-14-13-18(20-15(2)25-26(3)21(20)23-14)22(27)24-19-12-8-7-11-17(19)16-9-5-4-6-10-16/h4-13H,1-3H3,(H,24,27). The Morgan fingerprint density at radius 2 is 1.70 bits per heavy atom. The van der Waals surface area contributed by atoms with Crippen molar-refractivity contribution >= 4 is 22.6 Å². The van der Waals surface area contributed by atoms with Crippen LogP contribution < -0.4 is 5.32 Å². The fraction of sp³-hybridized carbons (Fsp3) is 0.136. The second kappa shape index (κ2) is 6.68. The van der Waals surface area contributed by atoms with Crippen LogP contribution in [0.4, 0.5) is 5.69 Å². The number of benzene rings is 2. The highest BCUT2D eigenvalue weighted by atomic mass is 16.1. The number of aryl methyl sites for hydroxylation is 3. The number of fused-ring (bicyclic) bond motifs is 1. The molecule has 0 fully saturated rings. The summed E-state index contributed by atoms with van der Waals surface area (Å²) in [6.45, 7) is 3.78. The Morgan fingerprint density at radius 1 is 1.00 bits per heavy atom. The molecule has 1 N–H and O–H groups in total. The zero-order valence-corrected chi connectivity index (χ0v) is 15.5. The molecule has 0 aliphatic rings. The Hall–Kier alpha value is -3.47. The van der Waals surface area contributed by atoms with Gasteiger partial charge in [-0.3, -0.25) is 9.48 Å². The molecule has 4 aromatic rings. The summed E-state index contributed by atoms with van der Waals surface area (Å²) in [5, 5.41) is 8.29. The SMILES string of the molecule is Cc1cc(C(=O)Nc2ccccc2-c2ccccc2)c2c(C)nn(C)c2n1. The Morgan fingerprint density at radius 3 is 2.48 bits per heavy atom. The highest BCUT2D eigenvalue weighted by Crippen LogP contribution is 2.29. The van der Waals surface area contributed by atoms with Crippen LogP contribution in [0.25, 0.3) is 22.2 Å². The van der Waals surface area contributed by atoms with Gasteiger partial charge in [-0.1, -0.05) is 48.5 Å². The normalized spacial score (nSPS) is 10.9. The zero-order chi connectivity index (χ0) is 19.0. The lowest BCUT2D eigenvalue weighted by Crippen LogP contribution is -2.14. The van der Waals surface area contributed by atoms with Crippen LogP contribution in [-0.4, -0.2) is 20.7 Å². The summed E-state index contributed by atoms with van der Waals surface area (Å²) in [6, 6.07) is 19.7. The largest absolute Gasteiger partial charge is 0.321 e. The molecular formula is C22H20N4O. The fourth-order valence-corrected chi connectivity index (χ4v) is 3.40. The molecule has 0 aliphatic heterocycles. The van der Waals surface area contributed by atoms with Gasteiger partial charge < -0.3 is 5.32 Å². The first-order valence-corrected chi connectivity index (χ1v) is 8.81. The van der Waals surface area contributed by atoms with Crippen LogP contribution in [0.2, 0.25) is 0 Å². The molecule has 134 valence electrons. The molecule has 5 nitrogen and oxygen atoms in total. The molecule has 0 unspecified atom stereocenters. The van der Waals surface area contributed by atoms with Gasteiger partial charge >= 0.3 is 0 Å². The Labute approximate surface area is 157 Å². The van der Waals surface area contributed by atoms with Gasteiger partial charge in [-0.15, -0.1) is 0 Å². The first kappa shape index (κ1) is 17.0. The van der Waals surface area contributed by atoms with Crippen molar-refractivity contribution in [3.63, 3.8) is 0 Å². The summed E-state index contributed by atoms with van der Waals surface area (Å²) in [4.78, 5) is 17.7. The predicted octanol–water partition coefficient (Wildman–Crippen LogP) is 4.50. The van der Waals surface area contributed by atoms with E-state index in [0.717, 1.165) is 33.6 Å². The minimum atomic E-state index is -0.162. The van der Waals surface area contributed by atoms with E-state index in [-0.39, 0.29) is 5.91 Å². The van der Waals surface area contributed by atoms with Crippen LogP contribution in [-0.2, 0) is 7.05 Å². The number of hydrogen-bond donors (Lipinski definition) is 1. The number of para-hydroxylation sites is 1. The monoisotopic (exact) mass is 356 g/mol. The molecule has 1 amide bonds. The number of nitrogens with zero attached hydrogens (tertiary/aromatic N) is 3. The van der Waals surface area contributed by atoms with Crippen molar-refractivity contribution in [3.8, 4) is 11.1 Å². The van der Waals surface area contributed by atoms with Crippen molar-refractivity contribution in [2.45, 2.75) is 13.8 Å². The van der Waals surface area contributed by atoms with E-state index in [1.54, 1.807) is 4.68 Å². The van der Waals surface area contributed by atoms with Crippen molar-refractivity contribution < 1.29 is 4.79 Å². The lowest BCUT2D eigenvalue weighted by Gasteiger charge is -2.12. The smallest absolute Gasteiger partial charge is 0.256 e. The number of carbonyl (C=O) groups is 1. The number of aromatic nitrogens is 3. The number of nitrogens with one attached hydrogen (secondary N) is 1. The van der Waals surface area contributed by atoms with Crippen LogP contribution in [0.15, 0.2) is 60.7 Å². The van der Waals surface area contributed by atoms with E-state index in [1.807, 2.05) is 81.6 Å². The topological polar surface area (TPSA) is 59.8 Å². The highest BCUT2D eigenvalue weighted by molar-refractivity contribution is 6.13. The Bertz CT molecular complexity index is 1150. The average molecular weight is 356 g/mol.